The van der Waals surface area contributed by atoms with Gasteiger partial charge in [-0.25, -0.2) is 0 Å². The Labute approximate surface area is 224 Å². The molecule has 2 N–H and O–H groups in total. The Morgan fingerprint density at radius 2 is 1.31 bits per heavy atom. The fourth-order valence-electron chi connectivity index (χ4n) is 1.90. The van der Waals surface area contributed by atoms with Crippen molar-refractivity contribution in [2.24, 2.45) is 5.73 Å². The van der Waals surface area contributed by atoms with Crippen molar-refractivity contribution >= 4 is 18.2 Å². The van der Waals surface area contributed by atoms with Gasteiger partial charge in [0.05, 0.1) is 5.97 Å². The first-order chi connectivity index (χ1) is 11.0. The monoisotopic (exact) mass is 397 g/mol. The first-order valence-corrected chi connectivity index (χ1v) is 8.47. The van der Waals surface area contributed by atoms with Crippen molar-refractivity contribution < 1.29 is 113 Å². The van der Waals surface area contributed by atoms with Gasteiger partial charge in [0.25, 0.3) is 0 Å². The SMILES string of the molecule is CCCCCCCCCCC[C-]=O.N[C@@H](CCC(=O)[O-])C(=O)[O-].[Na+].[Na+].[Na+]. The number of carbonyl (C=O) groups is 2. The molecule has 0 aliphatic rings. The summed E-state index contributed by atoms with van der Waals surface area (Å²) in [7, 11) is 0. The summed E-state index contributed by atoms with van der Waals surface area (Å²) in [4.78, 5) is 29.5. The van der Waals surface area contributed by atoms with Gasteiger partial charge in [0.1, 0.15) is 0 Å². The van der Waals surface area contributed by atoms with Crippen LogP contribution in [0.1, 0.15) is 84.0 Å². The van der Waals surface area contributed by atoms with Crippen molar-refractivity contribution in [1.29, 1.82) is 0 Å². The molecule has 0 saturated heterocycles. The van der Waals surface area contributed by atoms with E-state index in [1.165, 1.54) is 51.4 Å². The smallest absolute Gasteiger partial charge is 0.550 e. The molecule has 0 radical (unpaired) electrons. The zero-order chi connectivity index (χ0) is 17.9. The molecule has 0 fully saturated rings. The van der Waals surface area contributed by atoms with E-state index in [9.17, 15) is 24.6 Å². The summed E-state index contributed by atoms with van der Waals surface area (Å²) in [5.41, 5.74) is 4.91. The van der Waals surface area contributed by atoms with E-state index < -0.39 is 18.0 Å². The van der Waals surface area contributed by atoms with Crippen LogP contribution in [-0.2, 0) is 14.4 Å². The van der Waals surface area contributed by atoms with Crippen molar-refractivity contribution in [2.45, 2.75) is 90.0 Å². The van der Waals surface area contributed by atoms with Gasteiger partial charge in [-0.05, 0) is 12.8 Å². The van der Waals surface area contributed by atoms with Crippen LogP contribution in [0.2, 0.25) is 0 Å². The summed E-state index contributed by atoms with van der Waals surface area (Å²) >= 11 is 0. The number of rotatable bonds is 14. The second kappa shape index (κ2) is 31.3. The first kappa shape index (κ1) is 38.2. The minimum atomic E-state index is -1.44. The fraction of sp³-hybridized carbons (Fsp3) is 0.824. The van der Waals surface area contributed by atoms with Crippen molar-refractivity contribution in [3.05, 3.63) is 0 Å². The molecule has 0 aliphatic heterocycles. The van der Waals surface area contributed by atoms with Crippen LogP contribution in [0.3, 0.4) is 0 Å². The van der Waals surface area contributed by atoms with E-state index >= 15 is 0 Å². The molecule has 0 aliphatic carbocycles. The minimum Gasteiger partial charge on any atom is -0.550 e. The molecule has 6 nitrogen and oxygen atoms in total. The van der Waals surface area contributed by atoms with Crippen LogP contribution in [0.25, 0.3) is 0 Å². The first-order valence-electron chi connectivity index (χ1n) is 8.47. The number of carboxylic acid groups (broad SMARTS) is 2. The average Bonchev–Trinajstić information content (AvgIpc) is 2.51. The molecule has 0 amide bonds. The Hall–Kier alpha value is 1.57. The molecule has 0 heterocycles. The molecule has 1 atom stereocenters. The Kier molecular flexibility index (Phi) is 46.0. The topological polar surface area (TPSA) is 123 Å². The van der Waals surface area contributed by atoms with Gasteiger partial charge >= 0.3 is 88.7 Å². The van der Waals surface area contributed by atoms with E-state index in [2.05, 4.69) is 6.92 Å². The van der Waals surface area contributed by atoms with Gasteiger partial charge in [-0.15, -0.1) is 0 Å². The maximum absolute atomic E-state index is 9.89. The van der Waals surface area contributed by atoms with E-state index in [1.807, 2.05) is 6.29 Å². The number of unbranched alkanes of at least 4 members (excludes halogenated alkanes) is 9. The van der Waals surface area contributed by atoms with Crippen LogP contribution >= 0.6 is 0 Å². The second-order valence-electron chi connectivity index (χ2n) is 5.56. The van der Waals surface area contributed by atoms with Gasteiger partial charge < -0.3 is 30.3 Å². The van der Waals surface area contributed by atoms with Gasteiger partial charge in [-0.2, -0.15) is 6.42 Å². The van der Waals surface area contributed by atoms with Crippen molar-refractivity contribution in [2.75, 3.05) is 0 Å². The molecular formula is C17H30NNa3O5. The summed E-state index contributed by atoms with van der Waals surface area (Å²) in [6, 6.07) is -1.21. The quantitative estimate of drug-likeness (QED) is 0.176. The van der Waals surface area contributed by atoms with Gasteiger partial charge in [0.15, 0.2) is 0 Å². The van der Waals surface area contributed by atoms with E-state index in [1.54, 1.807) is 0 Å². The van der Waals surface area contributed by atoms with E-state index in [-0.39, 0.29) is 102 Å². The van der Waals surface area contributed by atoms with Crippen molar-refractivity contribution in [3.8, 4) is 0 Å². The van der Waals surface area contributed by atoms with Crippen LogP contribution < -0.4 is 105 Å². The van der Waals surface area contributed by atoms with Crippen LogP contribution in [0, 0.1) is 0 Å². The summed E-state index contributed by atoms with van der Waals surface area (Å²) in [6.07, 6.45) is 13.9. The molecule has 0 aromatic carbocycles. The fourth-order valence-corrected chi connectivity index (χ4v) is 1.90. The Balaban J connectivity index is -0.000000104. The van der Waals surface area contributed by atoms with E-state index in [4.69, 9.17) is 5.73 Å². The molecule has 0 saturated carbocycles. The van der Waals surface area contributed by atoms with E-state index in [0.29, 0.717) is 6.42 Å². The van der Waals surface area contributed by atoms with Crippen molar-refractivity contribution in [1.82, 2.24) is 0 Å². The molecule has 26 heavy (non-hydrogen) atoms. The van der Waals surface area contributed by atoms with Gasteiger partial charge in [-0.1, -0.05) is 64.7 Å². The third-order valence-corrected chi connectivity index (χ3v) is 3.34. The molecule has 0 aromatic rings. The van der Waals surface area contributed by atoms with Gasteiger partial charge in [-0.3, -0.25) is 6.29 Å². The summed E-state index contributed by atoms with van der Waals surface area (Å²) < 4.78 is 0. The molecule has 9 heteroatoms. The molecule has 136 valence electrons. The average molecular weight is 397 g/mol. The number of carboxylic acids is 2. The maximum Gasteiger partial charge on any atom is 1.00 e. The van der Waals surface area contributed by atoms with E-state index in [0.717, 1.165) is 6.42 Å². The normalized spacial score (nSPS) is 9.92. The third-order valence-electron chi connectivity index (χ3n) is 3.34. The van der Waals surface area contributed by atoms with Crippen LogP contribution in [0.5, 0.6) is 0 Å². The largest absolute Gasteiger partial charge is 1.00 e. The number of carbonyl (C=O) groups excluding carboxylic acids is 3. The molecule has 0 unspecified atom stereocenters. The Morgan fingerprint density at radius 1 is 0.885 bits per heavy atom. The summed E-state index contributed by atoms with van der Waals surface area (Å²) in [5, 5.41) is 19.6. The van der Waals surface area contributed by atoms with Crippen molar-refractivity contribution in [3.63, 3.8) is 0 Å². The van der Waals surface area contributed by atoms with Crippen LogP contribution in [0.15, 0.2) is 0 Å². The molecular weight excluding hydrogens is 367 g/mol. The maximum atomic E-state index is 9.89. The number of hydrogen-bond acceptors (Lipinski definition) is 6. The summed E-state index contributed by atoms with van der Waals surface area (Å²) in [5.74, 6) is -2.75. The minimum absolute atomic E-state index is 0. The van der Waals surface area contributed by atoms with Crippen LogP contribution in [-0.4, -0.2) is 24.3 Å². The number of nitrogens with two attached hydrogens (primary N) is 1. The summed E-state index contributed by atoms with van der Waals surface area (Å²) in [6.45, 7) is 2.25. The predicted octanol–water partition coefficient (Wildman–Crippen LogP) is -8.38. The van der Waals surface area contributed by atoms with Gasteiger partial charge in [0, 0.05) is 12.0 Å². The van der Waals surface area contributed by atoms with Crippen LogP contribution in [0.4, 0.5) is 0 Å². The predicted molar refractivity (Wildman–Crippen MR) is 84.8 cm³/mol. The zero-order valence-corrected chi connectivity index (χ0v) is 23.2. The number of aliphatic carboxylic acids is 2. The molecule has 0 aromatic heterocycles. The molecule has 0 rings (SSSR count). The molecule has 0 spiro atoms. The zero-order valence-electron chi connectivity index (χ0n) is 17.2. The Bertz CT molecular complexity index is 321. The number of hydrogen-bond donors (Lipinski definition) is 1. The standard InChI is InChI=1S/C12H23O.C5H9NO4.3Na/c1-2-3-4-5-6-7-8-9-10-11-12-13;6-3(5(9)10)1-2-4(7)8;;;/h2-11H2,1H3;3H,1-2,6H2,(H,7,8)(H,9,10);;;/q-1;;3*+1/p-2/t;3-;;;/m.0.../s1. The molecule has 0 bridgehead atoms. The second-order valence-corrected chi connectivity index (χ2v) is 5.56. The third kappa shape index (κ3) is 36.5. The van der Waals surface area contributed by atoms with Gasteiger partial charge in [0.2, 0.25) is 0 Å². The Morgan fingerprint density at radius 3 is 1.65 bits per heavy atom.